The molecular formula is C25H29FN4O4. The first-order chi connectivity index (χ1) is 16.3. The molecule has 0 aliphatic carbocycles. The smallest absolute Gasteiger partial charge is 0.261 e. The molecule has 0 unspecified atom stereocenters. The molecule has 0 bridgehead atoms. The molecule has 0 saturated heterocycles. The fourth-order valence-electron chi connectivity index (χ4n) is 4.13. The minimum Gasteiger partial charge on any atom is -0.502 e. The lowest BCUT2D eigenvalue weighted by Crippen LogP contribution is -2.21. The Morgan fingerprint density at radius 2 is 1.91 bits per heavy atom. The zero-order valence-electron chi connectivity index (χ0n) is 19.8. The summed E-state index contributed by atoms with van der Waals surface area (Å²) in [6, 6.07) is 6.25. The minimum absolute atomic E-state index is 0.0769. The van der Waals surface area contributed by atoms with Crippen LogP contribution in [-0.2, 0) is 6.54 Å². The number of phenols is 1. The quantitative estimate of drug-likeness (QED) is 0.489. The average molecular weight is 469 g/mol. The van der Waals surface area contributed by atoms with Crippen LogP contribution in [-0.4, -0.2) is 61.0 Å². The van der Waals surface area contributed by atoms with Gasteiger partial charge in [0, 0.05) is 13.1 Å². The Morgan fingerprint density at radius 1 is 1.21 bits per heavy atom. The van der Waals surface area contributed by atoms with Crippen LogP contribution in [0.1, 0.15) is 24.2 Å². The Hall–Kier alpha value is -3.59. The molecule has 0 spiro atoms. The highest BCUT2D eigenvalue weighted by Crippen LogP contribution is 2.38. The highest BCUT2D eigenvalue weighted by atomic mass is 19.1. The van der Waals surface area contributed by atoms with Crippen LogP contribution in [0.15, 0.2) is 29.1 Å². The maximum Gasteiger partial charge on any atom is 0.261 e. The van der Waals surface area contributed by atoms with E-state index in [-0.39, 0.29) is 28.2 Å². The molecule has 0 fully saturated rings. The van der Waals surface area contributed by atoms with Crippen molar-refractivity contribution in [2.24, 2.45) is 0 Å². The van der Waals surface area contributed by atoms with E-state index in [9.17, 15) is 14.3 Å². The number of hydrogen-bond donors (Lipinski definition) is 2. The van der Waals surface area contributed by atoms with E-state index in [1.54, 1.807) is 22.8 Å². The number of ether oxygens (including phenoxy) is 2. The average Bonchev–Trinajstić information content (AvgIpc) is 3.21. The van der Waals surface area contributed by atoms with Crippen molar-refractivity contribution < 1.29 is 19.0 Å². The van der Waals surface area contributed by atoms with Crippen molar-refractivity contribution in [2.45, 2.75) is 19.4 Å². The molecule has 4 rings (SSSR count). The van der Waals surface area contributed by atoms with Crippen molar-refractivity contribution in [2.75, 3.05) is 46.7 Å². The van der Waals surface area contributed by atoms with Gasteiger partial charge in [-0.05, 0) is 75.0 Å². The number of benzene rings is 2. The Morgan fingerprint density at radius 3 is 2.56 bits per heavy atom. The lowest BCUT2D eigenvalue weighted by Gasteiger charge is -2.12. The second kappa shape index (κ2) is 9.72. The first-order valence-electron chi connectivity index (χ1n) is 11.1. The van der Waals surface area contributed by atoms with Gasteiger partial charge in [0.2, 0.25) is 5.75 Å². The molecule has 2 N–H and O–H groups in total. The first-order valence-corrected chi connectivity index (χ1v) is 11.1. The fourth-order valence-corrected chi connectivity index (χ4v) is 4.13. The standard InChI is InChI=1S/C25H29FN4O4/c1-29(2)8-5-7-27-20-14-19-17(13-18(20)26)25(32)30-9-6-16(24(30)28-19)10-15-11-21(33-3)23(31)22(12-15)34-4/h10-14,27,31H,5-9H2,1-4H3/b16-10+. The zero-order valence-corrected chi connectivity index (χ0v) is 19.8. The third-order valence-electron chi connectivity index (χ3n) is 5.88. The first kappa shape index (κ1) is 23.6. The van der Waals surface area contributed by atoms with Crippen LogP contribution in [0.2, 0.25) is 0 Å². The van der Waals surface area contributed by atoms with Crippen molar-refractivity contribution >= 4 is 28.2 Å². The number of aromatic hydroxyl groups is 1. The normalized spacial score (nSPS) is 14.1. The fraction of sp³-hybridized carbons (Fsp3) is 0.360. The number of allylic oxidation sites excluding steroid dienone is 1. The van der Waals surface area contributed by atoms with E-state index in [0.717, 1.165) is 24.1 Å². The largest absolute Gasteiger partial charge is 0.502 e. The SMILES string of the molecule is COc1cc(/C=C2\CCn3c2nc2cc(NCCCN(C)C)c(F)cc2c3=O)cc(OC)c1O. The molecule has 2 aromatic carbocycles. The van der Waals surface area contributed by atoms with Gasteiger partial charge in [-0.25, -0.2) is 9.37 Å². The zero-order chi connectivity index (χ0) is 24.4. The second-order valence-electron chi connectivity index (χ2n) is 8.52. The van der Waals surface area contributed by atoms with Crippen LogP contribution in [0.4, 0.5) is 10.1 Å². The molecular weight excluding hydrogens is 439 g/mol. The molecule has 34 heavy (non-hydrogen) atoms. The summed E-state index contributed by atoms with van der Waals surface area (Å²) in [5.41, 5.74) is 2.12. The molecule has 3 aromatic rings. The van der Waals surface area contributed by atoms with Crippen LogP contribution in [0.3, 0.4) is 0 Å². The number of fused-ring (bicyclic) bond motifs is 2. The predicted octanol–water partition coefficient (Wildman–Crippen LogP) is 3.57. The Labute approximate surface area is 197 Å². The number of phenolic OH excluding ortho intramolecular Hbond substituents is 1. The number of rotatable bonds is 8. The molecule has 0 saturated carbocycles. The lowest BCUT2D eigenvalue weighted by molar-refractivity contribution is 0.340. The number of anilines is 1. The van der Waals surface area contributed by atoms with Gasteiger partial charge in [0.1, 0.15) is 11.6 Å². The summed E-state index contributed by atoms with van der Waals surface area (Å²) in [4.78, 5) is 19.9. The van der Waals surface area contributed by atoms with Crippen molar-refractivity contribution in [3.8, 4) is 17.2 Å². The van der Waals surface area contributed by atoms with Crippen LogP contribution in [0.25, 0.3) is 22.6 Å². The molecule has 2 heterocycles. The third kappa shape index (κ3) is 4.56. The van der Waals surface area contributed by atoms with E-state index >= 15 is 0 Å². The summed E-state index contributed by atoms with van der Waals surface area (Å²) in [5, 5.41) is 13.5. The van der Waals surface area contributed by atoms with Gasteiger partial charge < -0.3 is 24.8 Å². The summed E-state index contributed by atoms with van der Waals surface area (Å²) in [6.45, 7) is 1.96. The van der Waals surface area contributed by atoms with Crippen LogP contribution >= 0.6 is 0 Å². The molecule has 0 radical (unpaired) electrons. The van der Waals surface area contributed by atoms with Gasteiger partial charge in [-0.3, -0.25) is 9.36 Å². The predicted molar refractivity (Wildman–Crippen MR) is 131 cm³/mol. The van der Waals surface area contributed by atoms with E-state index in [1.165, 1.54) is 20.3 Å². The van der Waals surface area contributed by atoms with Gasteiger partial charge in [-0.2, -0.15) is 0 Å². The topological polar surface area (TPSA) is 88.9 Å². The third-order valence-corrected chi connectivity index (χ3v) is 5.88. The summed E-state index contributed by atoms with van der Waals surface area (Å²) in [5.74, 6) is 0.580. The molecule has 1 aliphatic rings. The minimum atomic E-state index is -0.464. The van der Waals surface area contributed by atoms with Crippen LogP contribution in [0, 0.1) is 5.82 Å². The number of aromatic nitrogens is 2. The number of methoxy groups -OCH3 is 2. The van der Waals surface area contributed by atoms with Crippen molar-refractivity contribution in [3.05, 3.63) is 51.8 Å². The number of nitrogens with one attached hydrogen (secondary N) is 1. The molecule has 9 heteroatoms. The molecule has 0 amide bonds. The molecule has 8 nitrogen and oxygen atoms in total. The van der Waals surface area contributed by atoms with Gasteiger partial charge in [-0.15, -0.1) is 0 Å². The maximum absolute atomic E-state index is 14.7. The Balaban J connectivity index is 1.72. The Bertz CT molecular complexity index is 1290. The molecule has 1 aromatic heterocycles. The van der Waals surface area contributed by atoms with Crippen molar-refractivity contribution in [1.29, 1.82) is 0 Å². The van der Waals surface area contributed by atoms with E-state index in [0.29, 0.717) is 36.5 Å². The monoisotopic (exact) mass is 468 g/mol. The summed E-state index contributed by atoms with van der Waals surface area (Å²) in [7, 11) is 6.91. The summed E-state index contributed by atoms with van der Waals surface area (Å²) >= 11 is 0. The molecule has 1 aliphatic heterocycles. The van der Waals surface area contributed by atoms with E-state index in [4.69, 9.17) is 14.5 Å². The second-order valence-corrected chi connectivity index (χ2v) is 8.52. The molecule has 0 atom stereocenters. The number of halogens is 1. The highest BCUT2D eigenvalue weighted by molar-refractivity contribution is 5.87. The van der Waals surface area contributed by atoms with Crippen molar-refractivity contribution in [3.63, 3.8) is 0 Å². The van der Waals surface area contributed by atoms with Gasteiger partial charge in [0.05, 0.1) is 30.8 Å². The highest BCUT2D eigenvalue weighted by Gasteiger charge is 2.22. The van der Waals surface area contributed by atoms with E-state index in [2.05, 4.69) is 10.2 Å². The Kier molecular flexibility index (Phi) is 6.74. The van der Waals surface area contributed by atoms with Gasteiger partial charge in [0.15, 0.2) is 11.5 Å². The summed E-state index contributed by atoms with van der Waals surface area (Å²) < 4.78 is 26.7. The maximum atomic E-state index is 14.7. The lowest BCUT2D eigenvalue weighted by atomic mass is 10.1. The van der Waals surface area contributed by atoms with Crippen LogP contribution < -0.4 is 20.3 Å². The van der Waals surface area contributed by atoms with Gasteiger partial charge in [0.25, 0.3) is 5.56 Å². The van der Waals surface area contributed by atoms with E-state index in [1.807, 2.05) is 20.2 Å². The van der Waals surface area contributed by atoms with Crippen LogP contribution in [0.5, 0.6) is 17.2 Å². The molecule has 180 valence electrons. The van der Waals surface area contributed by atoms with E-state index < -0.39 is 5.82 Å². The number of nitrogens with zero attached hydrogens (tertiary/aromatic N) is 3. The van der Waals surface area contributed by atoms with Gasteiger partial charge >= 0.3 is 0 Å². The van der Waals surface area contributed by atoms with Crippen molar-refractivity contribution in [1.82, 2.24) is 14.5 Å². The summed E-state index contributed by atoms with van der Waals surface area (Å²) in [6.07, 6.45) is 3.35. The van der Waals surface area contributed by atoms with Gasteiger partial charge in [-0.1, -0.05) is 0 Å². The number of hydrogen-bond acceptors (Lipinski definition) is 7.